The molecule has 0 bridgehead atoms. The van der Waals surface area contributed by atoms with Gasteiger partial charge >= 0.3 is 5.97 Å². The van der Waals surface area contributed by atoms with Crippen LogP contribution in [0.3, 0.4) is 0 Å². The maximum Gasteiger partial charge on any atom is 0.305 e. The molecule has 8 heteroatoms. The standard InChI is InChI=1S/C19H19ClN2O5/c1-11-3-4-14(21-9-11)12(2)27-16-8-17-15(7-13(16)20)22(6-5-19(24)25)18(23)10-26-17/h3-4,7-9,12H,5-6,10H2,1-2H3,(H,24,25). The quantitative estimate of drug-likeness (QED) is 0.813. The lowest BCUT2D eigenvalue weighted by atomic mass is 10.2. The maximum absolute atomic E-state index is 12.1. The summed E-state index contributed by atoms with van der Waals surface area (Å²) in [5, 5.41) is 9.18. The van der Waals surface area contributed by atoms with Gasteiger partial charge in [-0.1, -0.05) is 17.7 Å². The molecule has 1 aliphatic rings. The Morgan fingerprint density at radius 1 is 1.44 bits per heavy atom. The van der Waals surface area contributed by atoms with Gasteiger partial charge in [-0.3, -0.25) is 14.6 Å². The Balaban J connectivity index is 1.84. The number of carbonyl (C=O) groups excluding carboxylic acids is 1. The molecule has 7 nitrogen and oxygen atoms in total. The molecule has 1 aromatic carbocycles. The number of carboxylic acids is 1. The van der Waals surface area contributed by atoms with E-state index in [1.165, 1.54) is 4.90 Å². The molecule has 1 N–H and O–H groups in total. The minimum Gasteiger partial charge on any atom is -0.483 e. The van der Waals surface area contributed by atoms with Crippen LogP contribution >= 0.6 is 11.6 Å². The van der Waals surface area contributed by atoms with Crippen LogP contribution in [0.2, 0.25) is 5.02 Å². The zero-order valence-corrected chi connectivity index (χ0v) is 15.7. The van der Waals surface area contributed by atoms with Crippen molar-refractivity contribution in [1.29, 1.82) is 0 Å². The van der Waals surface area contributed by atoms with Gasteiger partial charge < -0.3 is 19.5 Å². The smallest absolute Gasteiger partial charge is 0.305 e. The number of halogens is 1. The summed E-state index contributed by atoms with van der Waals surface area (Å²) in [6.45, 7) is 3.70. The van der Waals surface area contributed by atoms with Crippen LogP contribution in [0.1, 0.15) is 30.7 Å². The first-order valence-corrected chi connectivity index (χ1v) is 8.80. The predicted molar refractivity (Wildman–Crippen MR) is 99.6 cm³/mol. The number of aliphatic carboxylic acids is 1. The fourth-order valence-corrected chi connectivity index (χ4v) is 2.92. The lowest BCUT2D eigenvalue weighted by Gasteiger charge is -2.30. The normalized spacial score (nSPS) is 14.3. The van der Waals surface area contributed by atoms with Crippen LogP contribution in [-0.4, -0.2) is 35.1 Å². The summed E-state index contributed by atoms with van der Waals surface area (Å²) in [4.78, 5) is 28.6. The van der Waals surface area contributed by atoms with Gasteiger partial charge in [-0.15, -0.1) is 0 Å². The molecule has 2 aromatic rings. The molecule has 0 fully saturated rings. The van der Waals surface area contributed by atoms with Crippen LogP contribution in [0.15, 0.2) is 30.5 Å². The van der Waals surface area contributed by atoms with Crippen molar-refractivity contribution in [1.82, 2.24) is 4.98 Å². The molecule has 1 amide bonds. The number of carbonyl (C=O) groups is 2. The van der Waals surface area contributed by atoms with Gasteiger partial charge in [0.15, 0.2) is 6.61 Å². The number of rotatable bonds is 6. The third-order valence-electron chi connectivity index (χ3n) is 4.16. The summed E-state index contributed by atoms with van der Waals surface area (Å²) < 4.78 is 11.4. The van der Waals surface area contributed by atoms with Crippen LogP contribution in [0.4, 0.5) is 5.69 Å². The zero-order chi connectivity index (χ0) is 19.6. The lowest BCUT2D eigenvalue weighted by Crippen LogP contribution is -2.40. The first-order chi connectivity index (χ1) is 12.8. The van der Waals surface area contributed by atoms with Crippen molar-refractivity contribution < 1.29 is 24.2 Å². The van der Waals surface area contributed by atoms with Gasteiger partial charge in [0.25, 0.3) is 5.91 Å². The first-order valence-electron chi connectivity index (χ1n) is 8.43. The predicted octanol–water partition coefficient (Wildman–Crippen LogP) is 3.38. The number of amides is 1. The van der Waals surface area contributed by atoms with E-state index in [-0.39, 0.29) is 31.6 Å². The first kappa shape index (κ1) is 19.0. The molecule has 1 unspecified atom stereocenters. The van der Waals surface area contributed by atoms with Crippen molar-refractivity contribution in [2.24, 2.45) is 0 Å². The second kappa shape index (κ2) is 7.84. The Kier molecular flexibility index (Phi) is 5.51. The summed E-state index contributed by atoms with van der Waals surface area (Å²) in [7, 11) is 0. The topological polar surface area (TPSA) is 89.0 Å². The molecule has 1 aromatic heterocycles. The number of hydrogen-bond acceptors (Lipinski definition) is 5. The van der Waals surface area contributed by atoms with E-state index in [4.69, 9.17) is 26.2 Å². The Morgan fingerprint density at radius 2 is 2.22 bits per heavy atom. The fourth-order valence-electron chi connectivity index (χ4n) is 2.72. The number of aromatic nitrogens is 1. The molecular weight excluding hydrogens is 372 g/mol. The molecule has 142 valence electrons. The van der Waals surface area contributed by atoms with E-state index < -0.39 is 5.97 Å². The van der Waals surface area contributed by atoms with Gasteiger partial charge in [-0.25, -0.2) is 0 Å². The molecule has 2 heterocycles. The molecule has 1 atom stereocenters. The summed E-state index contributed by atoms with van der Waals surface area (Å²) in [5.41, 5.74) is 2.25. The number of ether oxygens (including phenoxy) is 2. The third kappa shape index (κ3) is 4.31. The monoisotopic (exact) mass is 390 g/mol. The lowest BCUT2D eigenvalue weighted by molar-refractivity contribution is -0.136. The summed E-state index contributed by atoms with van der Waals surface area (Å²) in [6.07, 6.45) is 1.25. The van der Waals surface area contributed by atoms with Gasteiger partial charge in [0.05, 0.1) is 22.8 Å². The second-order valence-corrected chi connectivity index (χ2v) is 6.66. The highest BCUT2D eigenvalue weighted by Gasteiger charge is 2.28. The molecule has 1 aliphatic heterocycles. The van der Waals surface area contributed by atoms with E-state index in [2.05, 4.69) is 4.98 Å². The minimum absolute atomic E-state index is 0.0464. The SMILES string of the molecule is Cc1ccc(C(C)Oc2cc3c(cc2Cl)N(CCC(=O)O)C(=O)CO3)nc1. The van der Waals surface area contributed by atoms with Gasteiger partial charge in [0.1, 0.15) is 17.6 Å². The van der Waals surface area contributed by atoms with Crippen molar-refractivity contribution in [2.45, 2.75) is 26.4 Å². The van der Waals surface area contributed by atoms with Crippen LogP contribution in [0, 0.1) is 6.92 Å². The van der Waals surface area contributed by atoms with Crippen molar-refractivity contribution in [3.63, 3.8) is 0 Å². The molecule has 0 radical (unpaired) electrons. The molecule has 0 saturated carbocycles. The number of hydrogen-bond donors (Lipinski definition) is 1. The summed E-state index contributed by atoms with van der Waals surface area (Å²) >= 11 is 6.34. The molecule has 3 rings (SSSR count). The zero-order valence-electron chi connectivity index (χ0n) is 14.9. The number of aryl methyl sites for hydroxylation is 1. The van der Waals surface area contributed by atoms with Gasteiger partial charge in [-0.05, 0) is 31.5 Å². The van der Waals surface area contributed by atoms with E-state index in [9.17, 15) is 9.59 Å². The van der Waals surface area contributed by atoms with E-state index in [1.807, 2.05) is 26.0 Å². The highest BCUT2D eigenvalue weighted by atomic mass is 35.5. The van der Waals surface area contributed by atoms with Crippen LogP contribution in [0.25, 0.3) is 0 Å². The minimum atomic E-state index is -0.985. The van der Waals surface area contributed by atoms with E-state index in [0.717, 1.165) is 11.3 Å². The number of anilines is 1. The third-order valence-corrected chi connectivity index (χ3v) is 4.46. The molecule has 0 aliphatic carbocycles. The maximum atomic E-state index is 12.1. The Bertz CT molecular complexity index is 869. The Hall–Kier alpha value is -2.80. The number of carboxylic acid groups (broad SMARTS) is 1. The number of benzene rings is 1. The molecule has 0 saturated heterocycles. The van der Waals surface area contributed by atoms with Crippen LogP contribution in [-0.2, 0) is 9.59 Å². The van der Waals surface area contributed by atoms with Crippen LogP contribution in [0.5, 0.6) is 11.5 Å². The summed E-state index contributed by atoms with van der Waals surface area (Å²) in [5.74, 6) is -0.478. The van der Waals surface area contributed by atoms with Gasteiger partial charge in [0, 0.05) is 18.8 Å². The van der Waals surface area contributed by atoms with E-state index >= 15 is 0 Å². The second-order valence-electron chi connectivity index (χ2n) is 6.25. The number of nitrogens with zero attached hydrogens (tertiary/aromatic N) is 2. The van der Waals surface area contributed by atoms with E-state index in [1.54, 1.807) is 18.3 Å². The summed E-state index contributed by atoms with van der Waals surface area (Å²) in [6, 6.07) is 7.00. The number of pyridine rings is 1. The highest BCUT2D eigenvalue weighted by Crippen LogP contribution is 2.41. The van der Waals surface area contributed by atoms with E-state index in [0.29, 0.717) is 22.2 Å². The van der Waals surface area contributed by atoms with Crippen molar-refractivity contribution >= 4 is 29.2 Å². The number of fused-ring (bicyclic) bond motifs is 1. The Morgan fingerprint density at radius 3 is 2.89 bits per heavy atom. The highest BCUT2D eigenvalue weighted by molar-refractivity contribution is 6.32. The van der Waals surface area contributed by atoms with Crippen molar-refractivity contribution in [3.8, 4) is 11.5 Å². The molecule has 27 heavy (non-hydrogen) atoms. The Labute approximate surface area is 161 Å². The fraction of sp³-hybridized carbons (Fsp3) is 0.316. The van der Waals surface area contributed by atoms with Crippen molar-refractivity contribution in [2.75, 3.05) is 18.1 Å². The van der Waals surface area contributed by atoms with Gasteiger partial charge in [-0.2, -0.15) is 0 Å². The largest absolute Gasteiger partial charge is 0.483 e. The molecular formula is C19H19ClN2O5. The molecule has 0 spiro atoms. The average Bonchev–Trinajstić information content (AvgIpc) is 2.62. The van der Waals surface area contributed by atoms with Crippen molar-refractivity contribution in [3.05, 3.63) is 46.7 Å². The van der Waals surface area contributed by atoms with Crippen LogP contribution < -0.4 is 14.4 Å². The van der Waals surface area contributed by atoms with Gasteiger partial charge in [0.2, 0.25) is 0 Å². The average molecular weight is 391 g/mol.